The Labute approximate surface area is 173 Å². The first kappa shape index (κ1) is 21.5. The fourth-order valence-electron chi connectivity index (χ4n) is 3.46. The van der Waals surface area contributed by atoms with E-state index < -0.39 is 12.5 Å². The summed E-state index contributed by atoms with van der Waals surface area (Å²) in [6.45, 7) is -1.95. The number of ether oxygens (including phenoxy) is 2. The number of alkyl halides is 2. The second-order valence-corrected chi connectivity index (χ2v) is 7.03. The second-order valence-electron chi connectivity index (χ2n) is 7.03. The Balaban J connectivity index is 1.60. The van der Waals surface area contributed by atoms with Crippen LogP contribution in [0.15, 0.2) is 48.5 Å². The third kappa shape index (κ3) is 5.46. The standard InChI is InChI=1S/C22H24F2N2O4/c1-29-17-10-8-15(9-11-17)13-25-20(27)16-5-4-12-26(14-16)21(28)18-6-2-3-7-19(18)30-22(23)24/h2-3,6-11,16,22H,4-5,12-14H2,1H3,(H,25,27). The van der Waals surface area contributed by atoms with Gasteiger partial charge in [0.2, 0.25) is 5.91 Å². The highest BCUT2D eigenvalue weighted by Gasteiger charge is 2.30. The molecule has 0 saturated carbocycles. The third-order valence-corrected chi connectivity index (χ3v) is 5.04. The number of carbonyl (C=O) groups excluding carboxylic acids is 2. The van der Waals surface area contributed by atoms with Crippen molar-refractivity contribution in [1.82, 2.24) is 10.2 Å². The molecule has 0 aromatic heterocycles. The highest BCUT2D eigenvalue weighted by molar-refractivity contribution is 5.97. The average molecular weight is 418 g/mol. The number of nitrogens with zero attached hydrogens (tertiary/aromatic N) is 1. The van der Waals surface area contributed by atoms with Gasteiger partial charge in [-0.05, 0) is 42.7 Å². The van der Waals surface area contributed by atoms with Gasteiger partial charge in [-0.2, -0.15) is 8.78 Å². The van der Waals surface area contributed by atoms with Gasteiger partial charge < -0.3 is 19.7 Å². The number of rotatable bonds is 7. The summed E-state index contributed by atoms with van der Waals surface area (Å²) in [7, 11) is 1.59. The summed E-state index contributed by atoms with van der Waals surface area (Å²) in [5, 5.41) is 2.90. The van der Waals surface area contributed by atoms with Crippen LogP contribution in [-0.2, 0) is 11.3 Å². The van der Waals surface area contributed by atoms with Crippen LogP contribution in [0.5, 0.6) is 11.5 Å². The molecular weight excluding hydrogens is 394 g/mol. The van der Waals surface area contributed by atoms with E-state index in [0.29, 0.717) is 25.9 Å². The fourth-order valence-corrected chi connectivity index (χ4v) is 3.46. The summed E-state index contributed by atoms with van der Waals surface area (Å²) in [6.07, 6.45) is 1.32. The van der Waals surface area contributed by atoms with Crippen molar-refractivity contribution in [1.29, 1.82) is 0 Å². The van der Waals surface area contributed by atoms with Gasteiger partial charge in [-0.15, -0.1) is 0 Å². The van der Waals surface area contributed by atoms with Crippen LogP contribution in [0.2, 0.25) is 0 Å². The Morgan fingerprint density at radius 1 is 1.17 bits per heavy atom. The minimum absolute atomic E-state index is 0.0668. The molecular formula is C22H24F2N2O4. The van der Waals surface area contributed by atoms with Crippen LogP contribution in [0, 0.1) is 5.92 Å². The number of piperidine rings is 1. The first-order valence-electron chi connectivity index (χ1n) is 9.71. The summed E-state index contributed by atoms with van der Waals surface area (Å²) >= 11 is 0. The van der Waals surface area contributed by atoms with Gasteiger partial charge in [-0.25, -0.2) is 0 Å². The molecule has 0 spiro atoms. The van der Waals surface area contributed by atoms with Gasteiger partial charge >= 0.3 is 6.61 Å². The van der Waals surface area contributed by atoms with Gasteiger partial charge in [-0.3, -0.25) is 9.59 Å². The van der Waals surface area contributed by atoms with Crippen molar-refractivity contribution >= 4 is 11.8 Å². The van der Waals surface area contributed by atoms with E-state index in [1.807, 2.05) is 24.3 Å². The maximum atomic E-state index is 12.9. The van der Waals surface area contributed by atoms with Crippen LogP contribution in [0.1, 0.15) is 28.8 Å². The first-order chi connectivity index (χ1) is 14.5. The highest BCUT2D eigenvalue weighted by Crippen LogP contribution is 2.25. The molecule has 3 rings (SSSR count). The smallest absolute Gasteiger partial charge is 0.387 e. The van der Waals surface area contributed by atoms with Crippen LogP contribution >= 0.6 is 0 Å². The lowest BCUT2D eigenvalue weighted by Gasteiger charge is -2.32. The van der Waals surface area contributed by atoms with Crippen LogP contribution in [0.4, 0.5) is 8.78 Å². The van der Waals surface area contributed by atoms with Crippen molar-refractivity contribution < 1.29 is 27.8 Å². The third-order valence-electron chi connectivity index (χ3n) is 5.04. The van der Waals surface area contributed by atoms with Gasteiger partial charge in [0.25, 0.3) is 5.91 Å². The lowest BCUT2D eigenvalue weighted by molar-refractivity contribution is -0.126. The SMILES string of the molecule is COc1ccc(CNC(=O)C2CCCN(C(=O)c3ccccc3OC(F)F)C2)cc1. The van der Waals surface area contributed by atoms with Crippen LogP contribution in [0.3, 0.4) is 0 Å². The van der Waals surface area contributed by atoms with Crippen molar-refractivity contribution in [3.05, 3.63) is 59.7 Å². The van der Waals surface area contributed by atoms with Crippen LogP contribution in [-0.4, -0.2) is 43.5 Å². The Morgan fingerprint density at radius 3 is 2.60 bits per heavy atom. The molecule has 8 heteroatoms. The molecule has 1 aliphatic heterocycles. The normalized spacial score (nSPS) is 16.3. The predicted octanol–water partition coefficient (Wildman–Crippen LogP) is 3.47. The topological polar surface area (TPSA) is 67.9 Å². The molecule has 0 aliphatic carbocycles. The minimum Gasteiger partial charge on any atom is -0.497 e. The molecule has 160 valence electrons. The molecule has 0 bridgehead atoms. The molecule has 2 aromatic carbocycles. The zero-order valence-electron chi connectivity index (χ0n) is 16.6. The number of methoxy groups -OCH3 is 1. The van der Waals surface area contributed by atoms with Crippen molar-refractivity contribution in [2.24, 2.45) is 5.92 Å². The minimum atomic E-state index is -3.02. The Morgan fingerprint density at radius 2 is 1.90 bits per heavy atom. The van der Waals surface area contributed by atoms with E-state index in [-0.39, 0.29) is 29.7 Å². The molecule has 1 saturated heterocycles. The van der Waals surface area contributed by atoms with E-state index in [2.05, 4.69) is 10.1 Å². The fraction of sp³-hybridized carbons (Fsp3) is 0.364. The van der Waals surface area contributed by atoms with Gasteiger partial charge in [0, 0.05) is 19.6 Å². The molecule has 1 N–H and O–H groups in total. The molecule has 0 radical (unpaired) electrons. The summed E-state index contributed by atoms with van der Waals surface area (Å²) in [5.74, 6) is -0.338. The largest absolute Gasteiger partial charge is 0.497 e. The van der Waals surface area contributed by atoms with Crippen molar-refractivity contribution in [3.8, 4) is 11.5 Å². The van der Waals surface area contributed by atoms with E-state index in [1.165, 1.54) is 23.1 Å². The molecule has 2 aromatic rings. The maximum absolute atomic E-state index is 12.9. The van der Waals surface area contributed by atoms with E-state index in [0.717, 1.165) is 11.3 Å². The predicted molar refractivity (Wildman–Crippen MR) is 107 cm³/mol. The van der Waals surface area contributed by atoms with E-state index in [4.69, 9.17) is 4.74 Å². The quantitative estimate of drug-likeness (QED) is 0.748. The molecule has 1 aliphatic rings. The number of likely N-dealkylation sites (tertiary alicyclic amines) is 1. The summed E-state index contributed by atoms with van der Waals surface area (Å²) < 4.78 is 34.8. The second kappa shape index (κ2) is 10.0. The summed E-state index contributed by atoms with van der Waals surface area (Å²) in [4.78, 5) is 27.0. The van der Waals surface area contributed by atoms with Gasteiger partial charge in [0.1, 0.15) is 11.5 Å². The molecule has 2 amide bonds. The van der Waals surface area contributed by atoms with E-state index in [9.17, 15) is 18.4 Å². The number of carbonyl (C=O) groups is 2. The Bertz CT molecular complexity index is 874. The van der Waals surface area contributed by atoms with E-state index >= 15 is 0 Å². The van der Waals surface area contributed by atoms with Crippen molar-refractivity contribution in [2.75, 3.05) is 20.2 Å². The average Bonchev–Trinajstić information content (AvgIpc) is 2.77. The Hall–Kier alpha value is -3.16. The lowest BCUT2D eigenvalue weighted by Crippen LogP contribution is -2.45. The zero-order valence-corrected chi connectivity index (χ0v) is 16.6. The maximum Gasteiger partial charge on any atom is 0.387 e. The van der Waals surface area contributed by atoms with Crippen molar-refractivity contribution in [2.45, 2.75) is 26.0 Å². The van der Waals surface area contributed by atoms with Crippen LogP contribution in [0.25, 0.3) is 0 Å². The number of hydrogen-bond donors (Lipinski definition) is 1. The first-order valence-corrected chi connectivity index (χ1v) is 9.71. The molecule has 1 atom stereocenters. The monoisotopic (exact) mass is 418 g/mol. The van der Waals surface area contributed by atoms with Gasteiger partial charge in [0.05, 0.1) is 18.6 Å². The number of halogens is 2. The number of hydrogen-bond acceptors (Lipinski definition) is 4. The van der Waals surface area contributed by atoms with Gasteiger partial charge in [0.15, 0.2) is 0 Å². The van der Waals surface area contributed by atoms with Crippen molar-refractivity contribution in [3.63, 3.8) is 0 Å². The molecule has 30 heavy (non-hydrogen) atoms. The van der Waals surface area contributed by atoms with E-state index in [1.54, 1.807) is 13.2 Å². The number of nitrogens with one attached hydrogen (secondary N) is 1. The highest BCUT2D eigenvalue weighted by atomic mass is 19.3. The molecule has 1 unspecified atom stereocenters. The summed E-state index contributed by atoms with van der Waals surface area (Å²) in [5.41, 5.74) is 1.00. The van der Waals surface area contributed by atoms with Crippen LogP contribution < -0.4 is 14.8 Å². The zero-order chi connectivity index (χ0) is 21.5. The molecule has 1 fully saturated rings. The van der Waals surface area contributed by atoms with Gasteiger partial charge in [-0.1, -0.05) is 24.3 Å². The molecule has 6 nitrogen and oxygen atoms in total. The summed E-state index contributed by atoms with van der Waals surface area (Å²) in [6, 6.07) is 13.3. The lowest BCUT2D eigenvalue weighted by atomic mass is 9.96. The number of para-hydroxylation sites is 1. The Kier molecular flexibility index (Phi) is 7.21. The number of benzene rings is 2. The molecule has 1 heterocycles. The number of amides is 2.